The van der Waals surface area contributed by atoms with Crippen LogP contribution in [-0.4, -0.2) is 4.98 Å². The highest BCUT2D eigenvalue weighted by Crippen LogP contribution is 2.22. The molecule has 1 heterocycles. The number of aryl methyl sites for hydroxylation is 1. The van der Waals surface area contributed by atoms with Crippen molar-refractivity contribution in [1.82, 2.24) is 4.98 Å². The molecule has 0 amide bonds. The van der Waals surface area contributed by atoms with E-state index < -0.39 is 0 Å². The molecule has 0 saturated heterocycles. The van der Waals surface area contributed by atoms with Crippen LogP contribution >= 0.6 is 0 Å². The van der Waals surface area contributed by atoms with Gasteiger partial charge in [-0.3, -0.25) is 4.98 Å². The molecule has 114 valence electrons. The molecule has 0 atom stereocenters. The Labute approximate surface area is 138 Å². The lowest BCUT2D eigenvalue weighted by atomic mass is 9.97. The van der Waals surface area contributed by atoms with Gasteiger partial charge in [0.25, 0.3) is 0 Å². The zero-order valence-electron chi connectivity index (χ0n) is 13.5. The van der Waals surface area contributed by atoms with Crippen LogP contribution in [0.1, 0.15) is 23.6 Å². The second kappa shape index (κ2) is 7.06. The zero-order valence-corrected chi connectivity index (χ0v) is 13.5. The van der Waals surface area contributed by atoms with Gasteiger partial charge in [0.1, 0.15) is 0 Å². The first kappa shape index (κ1) is 15.2. The standard InChI is InChI=1S/C22H21N/c1-3-18-7-6-8-19(16-18)15-17(2)20-10-12-21(13-11-20)22-9-4-5-14-23-22/h4-14,16H,2-3,15H2,1H3. The average Bonchev–Trinajstić information content (AvgIpc) is 2.63. The molecule has 0 radical (unpaired) electrons. The van der Waals surface area contributed by atoms with Gasteiger partial charge < -0.3 is 0 Å². The van der Waals surface area contributed by atoms with Crippen LogP contribution in [0.25, 0.3) is 16.8 Å². The van der Waals surface area contributed by atoms with Crippen molar-refractivity contribution in [3.05, 3.63) is 96.2 Å². The van der Waals surface area contributed by atoms with Crippen LogP contribution in [0.3, 0.4) is 0 Å². The maximum absolute atomic E-state index is 4.39. The summed E-state index contributed by atoms with van der Waals surface area (Å²) in [6, 6.07) is 23.2. The van der Waals surface area contributed by atoms with Crippen LogP contribution in [-0.2, 0) is 12.8 Å². The average molecular weight is 299 g/mol. The van der Waals surface area contributed by atoms with Crippen molar-refractivity contribution >= 4 is 5.57 Å². The summed E-state index contributed by atoms with van der Waals surface area (Å²) in [4.78, 5) is 4.39. The van der Waals surface area contributed by atoms with E-state index in [0.717, 1.165) is 29.7 Å². The molecule has 0 aliphatic rings. The summed E-state index contributed by atoms with van der Waals surface area (Å²) in [6.45, 7) is 6.45. The highest BCUT2D eigenvalue weighted by Gasteiger charge is 2.03. The van der Waals surface area contributed by atoms with Crippen molar-refractivity contribution < 1.29 is 0 Å². The van der Waals surface area contributed by atoms with Gasteiger partial charge in [0.15, 0.2) is 0 Å². The maximum atomic E-state index is 4.39. The van der Waals surface area contributed by atoms with Crippen LogP contribution < -0.4 is 0 Å². The molecule has 0 bridgehead atoms. The van der Waals surface area contributed by atoms with Gasteiger partial charge in [0, 0.05) is 11.8 Å². The van der Waals surface area contributed by atoms with Crippen LogP contribution in [0.2, 0.25) is 0 Å². The molecule has 0 aliphatic heterocycles. The largest absolute Gasteiger partial charge is 0.256 e. The molecule has 1 heteroatoms. The first-order chi connectivity index (χ1) is 11.3. The molecule has 0 aliphatic carbocycles. The molecular weight excluding hydrogens is 278 g/mol. The molecule has 2 aromatic carbocycles. The molecule has 0 N–H and O–H groups in total. The number of aromatic nitrogens is 1. The minimum absolute atomic E-state index is 0.886. The van der Waals surface area contributed by atoms with Gasteiger partial charge in [0.2, 0.25) is 0 Å². The Hall–Kier alpha value is -2.67. The smallest absolute Gasteiger partial charge is 0.0701 e. The fourth-order valence-corrected chi connectivity index (χ4v) is 2.72. The van der Waals surface area contributed by atoms with E-state index in [-0.39, 0.29) is 0 Å². The Morgan fingerprint density at radius 3 is 2.39 bits per heavy atom. The first-order valence-electron chi connectivity index (χ1n) is 8.03. The number of allylic oxidation sites excluding steroid dienone is 1. The van der Waals surface area contributed by atoms with E-state index in [1.54, 1.807) is 0 Å². The Balaban J connectivity index is 1.75. The summed E-state index contributed by atoms with van der Waals surface area (Å²) in [7, 11) is 0. The minimum Gasteiger partial charge on any atom is -0.256 e. The molecule has 0 spiro atoms. The minimum atomic E-state index is 0.886. The summed E-state index contributed by atoms with van der Waals surface area (Å²) in [6.07, 6.45) is 3.78. The predicted molar refractivity (Wildman–Crippen MR) is 98.2 cm³/mol. The van der Waals surface area contributed by atoms with Crippen molar-refractivity contribution in [3.63, 3.8) is 0 Å². The number of pyridine rings is 1. The van der Waals surface area contributed by atoms with E-state index in [0.29, 0.717) is 0 Å². The van der Waals surface area contributed by atoms with E-state index in [4.69, 9.17) is 0 Å². The van der Waals surface area contributed by atoms with Gasteiger partial charge in [-0.2, -0.15) is 0 Å². The summed E-state index contributed by atoms with van der Waals surface area (Å²) in [5.74, 6) is 0. The summed E-state index contributed by atoms with van der Waals surface area (Å²) in [5, 5.41) is 0. The Kier molecular flexibility index (Phi) is 4.68. The molecule has 3 aromatic rings. The highest BCUT2D eigenvalue weighted by molar-refractivity contribution is 5.69. The topological polar surface area (TPSA) is 12.9 Å². The molecule has 0 saturated carbocycles. The zero-order chi connectivity index (χ0) is 16.1. The lowest BCUT2D eigenvalue weighted by Crippen LogP contribution is -1.92. The lowest BCUT2D eigenvalue weighted by Gasteiger charge is -2.09. The Morgan fingerprint density at radius 1 is 0.913 bits per heavy atom. The normalized spacial score (nSPS) is 10.5. The molecule has 3 rings (SSSR count). The molecule has 1 nitrogen and oxygen atoms in total. The molecule has 0 fully saturated rings. The molecular formula is C22H21N. The summed E-state index contributed by atoms with van der Waals surface area (Å²) >= 11 is 0. The quantitative estimate of drug-likeness (QED) is 0.600. The van der Waals surface area contributed by atoms with Gasteiger partial charge in [-0.05, 0) is 47.2 Å². The monoisotopic (exact) mass is 299 g/mol. The first-order valence-corrected chi connectivity index (χ1v) is 8.03. The maximum Gasteiger partial charge on any atom is 0.0701 e. The summed E-state index contributed by atoms with van der Waals surface area (Å²) < 4.78 is 0. The third-order valence-electron chi connectivity index (χ3n) is 4.07. The van der Waals surface area contributed by atoms with E-state index in [9.17, 15) is 0 Å². The second-order valence-electron chi connectivity index (χ2n) is 5.75. The number of hydrogen-bond donors (Lipinski definition) is 0. The van der Waals surface area contributed by atoms with Crippen LogP contribution in [0.15, 0.2) is 79.5 Å². The van der Waals surface area contributed by atoms with Gasteiger partial charge in [-0.25, -0.2) is 0 Å². The Bertz CT molecular complexity index is 786. The van der Waals surface area contributed by atoms with Gasteiger partial charge >= 0.3 is 0 Å². The summed E-state index contributed by atoms with van der Waals surface area (Å²) in [5.41, 5.74) is 7.16. The third-order valence-corrected chi connectivity index (χ3v) is 4.07. The van der Waals surface area contributed by atoms with Gasteiger partial charge in [0.05, 0.1) is 5.69 Å². The SMILES string of the molecule is C=C(Cc1cccc(CC)c1)c1ccc(-c2ccccn2)cc1. The second-order valence-corrected chi connectivity index (χ2v) is 5.75. The predicted octanol–water partition coefficient (Wildman–Crippen LogP) is 5.57. The van der Waals surface area contributed by atoms with Crippen molar-refractivity contribution in [2.75, 3.05) is 0 Å². The van der Waals surface area contributed by atoms with E-state index in [1.807, 2.05) is 24.4 Å². The van der Waals surface area contributed by atoms with Crippen LogP contribution in [0.4, 0.5) is 0 Å². The Morgan fingerprint density at radius 2 is 1.70 bits per heavy atom. The fourth-order valence-electron chi connectivity index (χ4n) is 2.72. The van der Waals surface area contributed by atoms with E-state index >= 15 is 0 Å². The van der Waals surface area contributed by atoms with Crippen molar-refractivity contribution in [3.8, 4) is 11.3 Å². The molecule has 1 aromatic heterocycles. The number of benzene rings is 2. The van der Waals surface area contributed by atoms with Crippen molar-refractivity contribution in [1.29, 1.82) is 0 Å². The number of rotatable bonds is 5. The van der Waals surface area contributed by atoms with Crippen LogP contribution in [0.5, 0.6) is 0 Å². The highest BCUT2D eigenvalue weighted by atomic mass is 14.7. The van der Waals surface area contributed by atoms with Crippen LogP contribution in [0, 0.1) is 0 Å². The van der Waals surface area contributed by atoms with Gasteiger partial charge in [-0.1, -0.05) is 68.1 Å². The van der Waals surface area contributed by atoms with E-state index in [2.05, 4.69) is 67.0 Å². The van der Waals surface area contributed by atoms with Crippen molar-refractivity contribution in [2.24, 2.45) is 0 Å². The lowest BCUT2D eigenvalue weighted by molar-refractivity contribution is 1.12. The molecule has 23 heavy (non-hydrogen) atoms. The number of hydrogen-bond acceptors (Lipinski definition) is 1. The molecule has 0 unspecified atom stereocenters. The third kappa shape index (κ3) is 3.75. The number of nitrogens with zero attached hydrogens (tertiary/aromatic N) is 1. The van der Waals surface area contributed by atoms with Gasteiger partial charge in [-0.15, -0.1) is 0 Å². The fraction of sp³-hybridized carbons (Fsp3) is 0.136. The van der Waals surface area contributed by atoms with Crippen molar-refractivity contribution in [2.45, 2.75) is 19.8 Å². The van der Waals surface area contributed by atoms with E-state index in [1.165, 1.54) is 16.7 Å².